The van der Waals surface area contributed by atoms with Gasteiger partial charge in [0, 0.05) is 10.8 Å². The maximum atomic E-state index is 2.53. The van der Waals surface area contributed by atoms with Crippen molar-refractivity contribution in [1.29, 1.82) is 0 Å². The highest BCUT2D eigenvalue weighted by Gasteiger charge is 2.51. The summed E-state index contributed by atoms with van der Waals surface area (Å²) < 4.78 is 2.53. The second-order valence-corrected chi connectivity index (χ2v) is 15.5. The van der Waals surface area contributed by atoms with Gasteiger partial charge in [0.25, 0.3) is 0 Å². The molecule has 228 valence electrons. The van der Waals surface area contributed by atoms with E-state index in [1.165, 1.54) is 87.6 Å². The van der Waals surface area contributed by atoms with Gasteiger partial charge in [-0.2, -0.15) is 0 Å². The zero-order chi connectivity index (χ0) is 32.1. The molecule has 0 bridgehead atoms. The molecule has 0 saturated heterocycles. The predicted octanol–water partition coefficient (Wildman–Crippen LogP) is 10.4. The standard InChI is InChI=1S/C47H30NP/c1-2-15-35(16-3-1)49-44-24-11-8-20-39(44)47(40-28-27-34(30-45(40)49)33-26-25-31-13-4-5-14-32(31)29-33)38-19-7-10-23-43(38)48-42-22-9-6-17-36(42)37-18-12-21-41(47)46(37)48/h1-30H/t47?,49-/m1/s1. The van der Waals surface area contributed by atoms with Crippen molar-refractivity contribution in [3.63, 3.8) is 0 Å². The summed E-state index contributed by atoms with van der Waals surface area (Å²) >= 11 is 0. The van der Waals surface area contributed by atoms with Crippen molar-refractivity contribution in [2.75, 3.05) is 0 Å². The summed E-state index contributed by atoms with van der Waals surface area (Å²) in [5.74, 6) is 0. The van der Waals surface area contributed by atoms with Crippen LogP contribution in [0.1, 0.15) is 22.3 Å². The van der Waals surface area contributed by atoms with Gasteiger partial charge in [-0.1, -0.05) is 158 Å². The number of para-hydroxylation sites is 3. The Balaban J connectivity index is 1.30. The van der Waals surface area contributed by atoms with Crippen molar-refractivity contribution in [3.05, 3.63) is 204 Å². The molecule has 1 aromatic heterocycles. The summed E-state index contributed by atoms with van der Waals surface area (Å²) in [6.45, 7) is 0. The largest absolute Gasteiger partial charge is 0.309 e. The molecule has 0 radical (unpaired) electrons. The van der Waals surface area contributed by atoms with E-state index in [-0.39, 0.29) is 0 Å². The number of hydrogen-bond acceptors (Lipinski definition) is 0. The molecule has 2 atom stereocenters. The first-order valence-electron chi connectivity index (χ1n) is 17.0. The van der Waals surface area contributed by atoms with Crippen LogP contribution in [0, 0.1) is 0 Å². The minimum absolute atomic E-state index is 0.484. The molecule has 3 heterocycles. The summed E-state index contributed by atoms with van der Waals surface area (Å²) in [5.41, 5.74) is 11.3. The minimum Gasteiger partial charge on any atom is -0.309 e. The summed E-state index contributed by atoms with van der Waals surface area (Å²) in [6.07, 6.45) is 0. The molecule has 2 aliphatic rings. The van der Waals surface area contributed by atoms with E-state index in [1.54, 1.807) is 0 Å². The molecular weight excluding hydrogens is 609 g/mol. The Morgan fingerprint density at radius 1 is 0.408 bits per heavy atom. The number of fused-ring (bicyclic) bond motifs is 12. The molecular formula is C47H30NP. The monoisotopic (exact) mass is 639 g/mol. The Hall–Kier alpha value is -5.75. The number of aromatic nitrogens is 1. The molecule has 2 heteroatoms. The van der Waals surface area contributed by atoms with E-state index in [9.17, 15) is 0 Å². The van der Waals surface area contributed by atoms with Gasteiger partial charge >= 0.3 is 0 Å². The van der Waals surface area contributed by atoms with E-state index < -0.39 is 13.3 Å². The number of hydrogen-bond donors (Lipinski definition) is 0. The van der Waals surface area contributed by atoms with E-state index in [1.807, 2.05) is 0 Å². The second-order valence-electron chi connectivity index (χ2n) is 13.3. The van der Waals surface area contributed by atoms with Crippen molar-refractivity contribution in [1.82, 2.24) is 4.57 Å². The van der Waals surface area contributed by atoms with Crippen molar-refractivity contribution >= 4 is 56.4 Å². The Kier molecular flexibility index (Phi) is 5.63. The quantitative estimate of drug-likeness (QED) is 0.166. The van der Waals surface area contributed by atoms with Gasteiger partial charge in [-0.3, -0.25) is 0 Å². The summed E-state index contributed by atoms with van der Waals surface area (Å²) in [7, 11) is -0.832. The maximum absolute atomic E-state index is 2.53. The summed E-state index contributed by atoms with van der Waals surface area (Å²) in [4.78, 5) is 0. The number of benzene rings is 8. The van der Waals surface area contributed by atoms with E-state index in [2.05, 4.69) is 187 Å². The van der Waals surface area contributed by atoms with Gasteiger partial charge in [-0.25, -0.2) is 0 Å². The average Bonchev–Trinajstić information content (AvgIpc) is 3.52. The lowest BCUT2D eigenvalue weighted by atomic mass is 9.62. The van der Waals surface area contributed by atoms with Gasteiger partial charge in [0.1, 0.15) is 0 Å². The molecule has 0 amide bonds. The van der Waals surface area contributed by atoms with Crippen molar-refractivity contribution in [2.24, 2.45) is 0 Å². The number of rotatable bonds is 2. The first-order chi connectivity index (χ1) is 24.3. The molecule has 2 aliphatic heterocycles. The first kappa shape index (κ1) is 27.2. The van der Waals surface area contributed by atoms with Crippen LogP contribution in [0.4, 0.5) is 0 Å². The molecule has 1 nitrogen and oxygen atoms in total. The van der Waals surface area contributed by atoms with Gasteiger partial charge in [0.05, 0.1) is 22.1 Å². The molecule has 49 heavy (non-hydrogen) atoms. The molecule has 0 aliphatic carbocycles. The van der Waals surface area contributed by atoms with Gasteiger partial charge in [-0.15, -0.1) is 0 Å². The van der Waals surface area contributed by atoms with Crippen LogP contribution < -0.4 is 15.9 Å². The SMILES string of the molecule is c1ccc([P@]2c3ccccc3C3(c4ccccc4-n4c5ccccc5c5cccc3c54)c3ccc(-c4ccc5ccccc5c4)cc32)cc1. The second kappa shape index (κ2) is 10.1. The van der Waals surface area contributed by atoms with E-state index in [0.717, 1.165) is 0 Å². The first-order valence-corrected chi connectivity index (χ1v) is 18.4. The van der Waals surface area contributed by atoms with Crippen molar-refractivity contribution in [2.45, 2.75) is 5.41 Å². The van der Waals surface area contributed by atoms with Gasteiger partial charge < -0.3 is 4.57 Å². The summed E-state index contributed by atoms with van der Waals surface area (Å²) in [5, 5.41) is 9.40. The van der Waals surface area contributed by atoms with Gasteiger partial charge in [-0.05, 0) is 92.3 Å². The molecule has 0 fully saturated rings. The fraction of sp³-hybridized carbons (Fsp3) is 0.0213. The zero-order valence-corrected chi connectivity index (χ0v) is 27.6. The van der Waals surface area contributed by atoms with Crippen molar-refractivity contribution in [3.8, 4) is 16.8 Å². The van der Waals surface area contributed by atoms with E-state index >= 15 is 0 Å². The van der Waals surface area contributed by atoms with E-state index in [4.69, 9.17) is 0 Å². The zero-order valence-electron chi connectivity index (χ0n) is 26.7. The topological polar surface area (TPSA) is 4.93 Å². The smallest absolute Gasteiger partial charge is 0.0755 e. The summed E-state index contributed by atoms with van der Waals surface area (Å²) in [6, 6.07) is 68.6. The molecule has 0 N–H and O–H groups in total. The highest BCUT2D eigenvalue weighted by molar-refractivity contribution is 7.80. The Morgan fingerprint density at radius 2 is 1.06 bits per heavy atom. The molecule has 11 rings (SSSR count). The van der Waals surface area contributed by atoms with Crippen LogP contribution in [0.25, 0.3) is 49.4 Å². The Labute approximate surface area is 286 Å². The van der Waals surface area contributed by atoms with Gasteiger partial charge in [0.15, 0.2) is 0 Å². The third-order valence-electron chi connectivity index (χ3n) is 10.9. The third kappa shape index (κ3) is 3.58. The molecule has 1 spiro atoms. The highest BCUT2D eigenvalue weighted by atomic mass is 31.1. The Bertz CT molecular complexity index is 2790. The van der Waals surface area contributed by atoms with E-state index in [0.29, 0.717) is 0 Å². The van der Waals surface area contributed by atoms with Crippen LogP contribution in [-0.2, 0) is 5.41 Å². The average molecular weight is 640 g/mol. The van der Waals surface area contributed by atoms with Crippen LogP contribution in [0.3, 0.4) is 0 Å². The minimum atomic E-state index is -0.832. The van der Waals surface area contributed by atoms with Crippen LogP contribution in [0.5, 0.6) is 0 Å². The van der Waals surface area contributed by atoms with Crippen LogP contribution in [-0.4, -0.2) is 4.57 Å². The third-order valence-corrected chi connectivity index (χ3v) is 13.5. The van der Waals surface area contributed by atoms with Crippen LogP contribution in [0.15, 0.2) is 182 Å². The molecule has 8 aromatic carbocycles. The molecule has 1 unspecified atom stereocenters. The maximum Gasteiger partial charge on any atom is 0.0755 e. The molecule has 0 saturated carbocycles. The van der Waals surface area contributed by atoms with Crippen LogP contribution in [0.2, 0.25) is 0 Å². The fourth-order valence-corrected chi connectivity index (χ4v) is 11.7. The fourth-order valence-electron chi connectivity index (χ4n) is 8.98. The lowest BCUT2D eigenvalue weighted by molar-refractivity contribution is 0.734. The normalized spacial score (nSPS) is 17.3. The molecule has 9 aromatic rings. The lowest BCUT2D eigenvalue weighted by Crippen LogP contribution is -2.47. The van der Waals surface area contributed by atoms with Crippen LogP contribution >= 0.6 is 7.92 Å². The predicted molar refractivity (Wildman–Crippen MR) is 208 cm³/mol. The van der Waals surface area contributed by atoms with Crippen molar-refractivity contribution < 1.29 is 0 Å². The lowest BCUT2D eigenvalue weighted by Gasteiger charge is -2.48. The highest BCUT2D eigenvalue weighted by Crippen LogP contribution is 2.58. The number of nitrogens with zero attached hydrogens (tertiary/aromatic N) is 1. The Morgan fingerprint density at radius 3 is 1.98 bits per heavy atom. The van der Waals surface area contributed by atoms with Gasteiger partial charge in [0.2, 0.25) is 0 Å².